The Balaban J connectivity index is 2.63. The van der Waals surface area contributed by atoms with E-state index >= 15 is 0 Å². The third kappa shape index (κ3) is 4.78. The number of phosphoric acid groups is 1. The summed E-state index contributed by atoms with van der Waals surface area (Å²) in [5.74, 6) is 0.721. The molecule has 0 bridgehead atoms. The van der Waals surface area contributed by atoms with Crippen LogP contribution in [0.2, 0.25) is 0 Å². The molecule has 0 aliphatic rings. The molecule has 5 nitrogen and oxygen atoms in total. The van der Waals surface area contributed by atoms with Crippen LogP contribution < -0.4 is 4.74 Å². The number of benzene rings is 1. The van der Waals surface area contributed by atoms with Crippen molar-refractivity contribution < 1.29 is 22.9 Å². The van der Waals surface area contributed by atoms with Crippen molar-refractivity contribution in [2.75, 3.05) is 20.3 Å². The molecule has 6 heteroatoms. The maximum atomic E-state index is 12.0. The van der Waals surface area contributed by atoms with Crippen LogP contribution in [0.5, 0.6) is 5.75 Å². The summed E-state index contributed by atoms with van der Waals surface area (Å²) in [6.45, 7) is 4.17. The van der Waals surface area contributed by atoms with Crippen molar-refractivity contribution in [1.82, 2.24) is 0 Å². The Kier molecular flexibility index (Phi) is 6.36. The molecule has 0 amide bonds. The SMILES string of the molecule is CCOP(=O)(OCC)OCc1cccc(OC)c1. The minimum Gasteiger partial charge on any atom is -0.497 e. The Morgan fingerprint density at radius 2 is 1.78 bits per heavy atom. The average Bonchev–Trinajstić information content (AvgIpc) is 2.37. The van der Waals surface area contributed by atoms with Gasteiger partial charge in [-0.2, -0.15) is 0 Å². The molecule has 0 heterocycles. The second-order valence-electron chi connectivity index (χ2n) is 3.41. The summed E-state index contributed by atoms with van der Waals surface area (Å²) >= 11 is 0. The maximum Gasteiger partial charge on any atom is 0.475 e. The van der Waals surface area contributed by atoms with E-state index < -0.39 is 7.82 Å². The van der Waals surface area contributed by atoms with Crippen LogP contribution in [-0.4, -0.2) is 20.3 Å². The lowest BCUT2D eigenvalue weighted by Crippen LogP contribution is -2.00. The first-order valence-corrected chi connectivity index (χ1v) is 7.26. The number of phosphoric ester groups is 1. The highest BCUT2D eigenvalue weighted by atomic mass is 31.2. The molecule has 1 aromatic rings. The van der Waals surface area contributed by atoms with E-state index in [9.17, 15) is 4.57 Å². The number of hydrogen-bond acceptors (Lipinski definition) is 5. The first kappa shape index (κ1) is 15.2. The molecule has 0 unspecified atom stereocenters. The standard InChI is InChI=1S/C12H19O5P/c1-4-15-18(13,16-5-2)17-10-11-7-6-8-12(9-11)14-3/h6-9H,4-5,10H2,1-3H3. The van der Waals surface area contributed by atoms with E-state index in [0.29, 0.717) is 0 Å². The van der Waals surface area contributed by atoms with Gasteiger partial charge in [0.2, 0.25) is 0 Å². The van der Waals surface area contributed by atoms with E-state index in [1.807, 2.05) is 24.3 Å². The van der Waals surface area contributed by atoms with E-state index in [2.05, 4.69) is 0 Å². The topological polar surface area (TPSA) is 54.0 Å². The molecule has 0 N–H and O–H groups in total. The molecule has 0 radical (unpaired) electrons. The van der Waals surface area contributed by atoms with Gasteiger partial charge < -0.3 is 4.74 Å². The van der Waals surface area contributed by atoms with Crippen LogP contribution in [0.3, 0.4) is 0 Å². The highest BCUT2D eigenvalue weighted by Crippen LogP contribution is 2.49. The second-order valence-corrected chi connectivity index (χ2v) is 5.08. The highest BCUT2D eigenvalue weighted by molar-refractivity contribution is 7.48. The molecule has 0 atom stereocenters. The smallest absolute Gasteiger partial charge is 0.475 e. The first-order valence-electron chi connectivity index (χ1n) is 5.80. The molecule has 1 rings (SSSR count). The molecule has 0 saturated heterocycles. The lowest BCUT2D eigenvalue weighted by molar-refractivity contribution is 0.116. The average molecular weight is 274 g/mol. The monoisotopic (exact) mass is 274 g/mol. The molecule has 18 heavy (non-hydrogen) atoms. The van der Waals surface area contributed by atoms with E-state index in [-0.39, 0.29) is 19.8 Å². The zero-order valence-electron chi connectivity index (χ0n) is 10.9. The fraction of sp³-hybridized carbons (Fsp3) is 0.500. The summed E-state index contributed by atoms with van der Waals surface area (Å²) in [6.07, 6.45) is 0. The molecule has 0 spiro atoms. The van der Waals surface area contributed by atoms with Gasteiger partial charge >= 0.3 is 7.82 Å². The summed E-state index contributed by atoms with van der Waals surface area (Å²) in [7, 11) is -1.86. The maximum absolute atomic E-state index is 12.0. The van der Waals surface area contributed by atoms with Gasteiger partial charge in [-0.3, -0.25) is 13.6 Å². The minimum absolute atomic E-state index is 0.147. The van der Waals surface area contributed by atoms with Gasteiger partial charge in [0.25, 0.3) is 0 Å². The Labute approximate surface area is 108 Å². The van der Waals surface area contributed by atoms with Crippen molar-refractivity contribution in [3.05, 3.63) is 29.8 Å². The Morgan fingerprint density at radius 3 is 2.33 bits per heavy atom. The number of ether oxygens (including phenoxy) is 1. The normalized spacial score (nSPS) is 11.5. The molecular formula is C12H19O5P. The molecule has 1 aromatic carbocycles. The van der Waals surface area contributed by atoms with Crippen molar-refractivity contribution in [2.24, 2.45) is 0 Å². The third-order valence-corrected chi connectivity index (χ3v) is 3.69. The molecule has 102 valence electrons. The van der Waals surface area contributed by atoms with Crippen LogP contribution >= 0.6 is 7.82 Å². The van der Waals surface area contributed by atoms with Gasteiger partial charge in [-0.25, -0.2) is 4.57 Å². The summed E-state index contributed by atoms with van der Waals surface area (Å²) in [4.78, 5) is 0. The van der Waals surface area contributed by atoms with Crippen LogP contribution in [0.15, 0.2) is 24.3 Å². The minimum atomic E-state index is -3.45. The predicted molar refractivity (Wildman–Crippen MR) is 68.6 cm³/mol. The fourth-order valence-corrected chi connectivity index (χ4v) is 2.51. The lowest BCUT2D eigenvalue weighted by atomic mass is 10.2. The Bertz CT molecular complexity index is 397. The predicted octanol–water partition coefficient (Wildman–Crippen LogP) is 3.39. The van der Waals surface area contributed by atoms with Crippen LogP contribution in [0, 0.1) is 0 Å². The van der Waals surface area contributed by atoms with Gasteiger partial charge in [-0.15, -0.1) is 0 Å². The lowest BCUT2D eigenvalue weighted by Gasteiger charge is -2.16. The quantitative estimate of drug-likeness (QED) is 0.680. The van der Waals surface area contributed by atoms with Gasteiger partial charge in [0, 0.05) is 0 Å². The van der Waals surface area contributed by atoms with Gasteiger partial charge in [-0.1, -0.05) is 12.1 Å². The Hall–Kier alpha value is -0.870. The summed E-state index contributed by atoms with van der Waals surface area (Å²) in [5.41, 5.74) is 0.842. The van der Waals surface area contributed by atoms with Crippen molar-refractivity contribution in [1.29, 1.82) is 0 Å². The molecule has 0 aliphatic heterocycles. The third-order valence-electron chi connectivity index (χ3n) is 2.10. The molecule has 0 saturated carbocycles. The van der Waals surface area contributed by atoms with E-state index in [1.165, 1.54) is 0 Å². The van der Waals surface area contributed by atoms with Gasteiger partial charge in [0.1, 0.15) is 5.75 Å². The van der Waals surface area contributed by atoms with Crippen LogP contribution in [0.25, 0.3) is 0 Å². The molecular weight excluding hydrogens is 255 g/mol. The van der Waals surface area contributed by atoms with Crippen molar-refractivity contribution in [3.8, 4) is 5.75 Å². The molecule has 0 aliphatic carbocycles. The summed E-state index contributed by atoms with van der Waals surface area (Å²) in [6, 6.07) is 7.32. The zero-order valence-corrected chi connectivity index (χ0v) is 11.8. The number of rotatable bonds is 8. The van der Waals surface area contributed by atoms with Gasteiger partial charge in [0.05, 0.1) is 26.9 Å². The first-order chi connectivity index (χ1) is 8.63. The van der Waals surface area contributed by atoms with E-state index in [0.717, 1.165) is 11.3 Å². The van der Waals surface area contributed by atoms with Gasteiger partial charge in [-0.05, 0) is 31.5 Å². The van der Waals surface area contributed by atoms with Crippen molar-refractivity contribution in [3.63, 3.8) is 0 Å². The highest BCUT2D eigenvalue weighted by Gasteiger charge is 2.25. The largest absolute Gasteiger partial charge is 0.497 e. The fourth-order valence-electron chi connectivity index (χ4n) is 1.34. The second kappa shape index (κ2) is 7.54. The van der Waals surface area contributed by atoms with Crippen LogP contribution in [0.1, 0.15) is 19.4 Å². The molecule has 0 fully saturated rings. The number of methoxy groups -OCH3 is 1. The van der Waals surface area contributed by atoms with Crippen LogP contribution in [-0.2, 0) is 24.7 Å². The molecule has 0 aromatic heterocycles. The van der Waals surface area contributed by atoms with Crippen molar-refractivity contribution >= 4 is 7.82 Å². The summed E-state index contributed by atoms with van der Waals surface area (Å²) < 4.78 is 32.4. The van der Waals surface area contributed by atoms with E-state index in [4.69, 9.17) is 18.3 Å². The summed E-state index contributed by atoms with van der Waals surface area (Å²) in [5, 5.41) is 0. The van der Waals surface area contributed by atoms with Crippen LogP contribution in [0.4, 0.5) is 0 Å². The van der Waals surface area contributed by atoms with E-state index in [1.54, 1.807) is 21.0 Å². The number of hydrogen-bond donors (Lipinski definition) is 0. The van der Waals surface area contributed by atoms with Crippen molar-refractivity contribution in [2.45, 2.75) is 20.5 Å². The Morgan fingerprint density at radius 1 is 1.11 bits per heavy atom. The van der Waals surface area contributed by atoms with Gasteiger partial charge in [0.15, 0.2) is 0 Å². The zero-order chi connectivity index (χ0) is 13.4.